The van der Waals surface area contributed by atoms with Crippen LogP contribution in [-0.4, -0.2) is 46.6 Å². The lowest BCUT2D eigenvalue weighted by atomic mass is 9.97. The lowest BCUT2D eigenvalue weighted by molar-refractivity contribution is 0.224. The molecule has 30 heavy (non-hydrogen) atoms. The number of aromatic amines is 1. The van der Waals surface area contributed by atoms with Gasteiger partial charge in [-0.15, -0.1) is 0 Å². The van der Waals surface area contributed by atoms with Gasteiger partial charge >= 0.3 is 0 Å². The van der Waals surface area contributed by atoms with E-state index in [1.807, 2.05) is 36.4 Å². The fraction of sp³-hybridized carbons (Fsp3) is 0.292. The zero-order valence-electron chi connectivity index (χ0n) is 17.1. The van der Waals surface area contributed by atoms with Crippen molar-refractivity contribution in [2.45, 2.75) is 18.8 Å². The minimum atomic E-state index is -0.111. The molecule has 0 spiro atoms. The number of ether oxygens (including phenoxy) is 1. The minimum Gasteiger partial charge on any atom is -0.496 e. The zero-order chi connectivity index (χ0) is 20.8. The van der Waals surface area contributed by atoms with Crippen molar-refractivity contribution in [1.82, 2.24) is 19.9 Å². The molecule has 1 fully saturated rings. The van der Waals surface area contributed by atoms with Crippen LogP contribution < -0.4 is 10.3 Å². The average Bonchev–Trinajstić information content (AvgIpc) is 2.80. The molecule has 0 radical (unpaired) electrons. The van der Waals surface area contributed by atoms with E-state index in [0.29, 0.717) is 5.69 Å². The second-order valence-corrected chi connectivity index (χ2v) is 7.49. The molecule has 2 aromatic heterocycles. The normalized spacial score (nSPS) is 17.3. The number of methoxy groups -OCH3 is 1. The average molecular weight is 402 g/mol. The number of piperidine rings is 1. The SMILES string of the molecule is COc1ccccc1/C=C/CN1CCC[C@@H](c2nc(-c3ccncc3)cc(=O)[nH]2)C1. The summed E-state index contributed by atoms with van der Waals surface area (Å²) in [5, 5.41) is 0. The lowest BCUT2D eigenvalue weighted by Crippen LogP contribution is -2.35. The molecule has 1 aliphatic heterocycles. The molecule has 1 aromatic carbocycles. The van der Waals surface area contributed by atoms with Crippen molar-refractivity contribution in [1.29, 1.82) is 0 Å². The number of H-pyrrole nitrogens is 1. The van der Waals surface area contributed by atoms with E-state index in [4.69, 9.17) is 9.72 Å². The van der Waals surface area contributed by atoms with Gasteiger partial charge < -0.3 is 9.72 Å². The van der Waals surface area contributed by atoms with Gasteiger partial charge in [0.15, 0.2) is 0 Å². The summed E-state index contributed by atoms with van der Waals surface area (Å²) in [4.78, 5) is 26.4. The van der Waals surface area contributed by atoms with E-state index in [1.165, 1.54) is 0 Å². The first-order chi connectivity index (χ1) is 14.7. The summed E-state index contributed by atoms with van der Waals surface area (Å²) < 4.78 is 5.41. The van der Waals surface area contributed by atoms with Crippen LogP contribution in [0.4, 0.5) is 0 Å². The molecule has 154 valence electrons. The van der Waals surface area contributed by atoms with Crippen LogP contribution in [-0.2, 0) is 0 Å². The smallest absolute Gasteiger partial charge is 0.251 e. The van der Waals surface area contributed by atoms with Crippen molar-refractivity contribution in [3.63, 3.8) is 0 Å². The van der Waals surface area contributed by atoms with Crippen LogP contribution in [0, 0.1) is 0 Å². The Labute approximate surface area is 176 Å². The Balaban J connectivity index is 1.46. The van der Waals surface area contributed by atoms with E-state index >= 15 is 0 Å². The Morgan fingerprint density at radius 3 is 2.90 bits per heavy atom. The molecule has 0 unspecified atom stereocenters. The maximum absolute atomic E-state index is 12.3. The summed E-state index contributed by atoms with van der Waals surface area (Å²) >= 11 is 0. The molecule has 0 bridgehead atoms. The number of para-hydroxylation sites is 1. The third-order valence-corrected chi connectivity index (χ3v) is 5.43. The van der Waals surface area contributed by atoms with Gasteiger partial charge in [0, 0.05) is 48.6 Å². The third-order valence-electron chi connectivity index (χ3n) is 5.43. The molecular weight excluding hydrogens is 376 g/mol. The monoisotopic (exact) mass is 402 g/mol. The number of nitrogens with one attached hydrogen (secondary N) is 1. The fourth-order valence-corrected chi connectivity index (χ4v) is 3.92. The minimum absolute atomic E-state index is 0.111. The molecule has 6 nitrogen and oxygen atoms in total. The van der Waals surface area contributed by atoms with E-state index in [9.17, 15) is 4.79 Å². The van der Waals surface area contributed by atoms with Gasteiger partial charge in [-0.2, -0.15) is 0 Å². The van der Waals surface area contributed by atoms with E-state index in [-0.39, 0.29) is 11.5 Å². The molecule has 3 heterocycles. The summed E-state index contributed by atoms with van der Waals surface area (Å²) in [6.07, 6.45) is 9.81. The highest BCUT2D eigenvalue weighted by atomic mass is 16.5. The topological polar surface area (TPSA) is 71.1 Å². The Bertz CT molecular complexity index is 1060. The number of hydrogen-bond donors (Lipinski definition) is 1. The van der Waals surface area contributed by atoms with Crippen molar-refractivity contribution in [2.75, 3.05) is 26.7 Å². The molecular formula is C24H26N4O2. The van der Waals surface area contributed by atoms with Gasteiger partial charge in [0.25, 0.3) is 5.56 Å². The number of benzene rings is 1. The summed E-state index contributed by atoms with van der Waals surface area (Å²) in [5.41, 5.74) is 2.57. The van der Waals surface area contributed by atoms with E-state index in [0.717, 1.165) is 55.2 Å². The molecule has 6 heteroatoms. The fourth-order valence-electron chi connectivity index (χ4n) is 3.92. The van der Waals surface area contributed by atoms with Crippen molar-refractivity contribution in [2.24, 2.45) is 0 Å². The van der Waals surface area contributed by atoms with Crippen molar-refractivity contribution >= 4 is 6.08 Å². The summed E-state index contributed by atoms with van der Waals surface area (Å²) in [5.74, 6) is 1.86. The van der Waals surface area contributed by atoms with Gasteiger partial charge in [0.05, 0.1) is 12.8 Å². The van der Waals surface area contributed by atoms with Crippen LogP contribution in [0.2, 0.25) is 0 Å². The van der Waals surface area contributed by atoms with Gasteiger partial charge in [-0.25, -0.2) is 4.98 Å². The van der Waals surface area contributed by atoms with Crippen LogP contribution in [0.15, 0.2) is 65.7 Å². The maximum atomic E-state index is 12.3. The number of hydrogen-bond acceptors (Lipinski definition) is 5. The molecule has 1 N–H and O–H groups in total. The highest BCUT2D eigenvalue weighted by Gasteiger charge is 2.23. The van der Waals surface area contributed by atoms with Gasteiger partial charge in [-0.3, -0.25) is 14.7 Å². The van der Waals surface area contributed by atoms with Gasteiger partial charge in [-0.1, -0.05) is 30.4 Å². The van der Waals surface area contributed by atoms with Crippen LogP contribution in [0.5, 0.6) is 5.75 Å². The first-order valence-electron chi connectivity index (χ1n) is 10.3. The summed E-state index contributed by atoms with van der Waals surface area (Å²) in [7, 11) is 1.69. The van der Waals surface area contributed by atoms with Crippen LogP contribution in [0.25, 0.3) is 17.3 Å². The second kappa shape index (κ2) is 9.50. The van der Waals surface area contributed by atoms with Crippen LogP contribution in [0.1, 0.15) is 30.1 Å². The molecule has 3 aromatic rings. The van der Waals surface area contributed by atoms with Gasteiger partial charge in [0.1, 0.15) is 11.6 Å². The second-order valence-electron chi connectivity index (χ2n) is 7.49. The quantitative estimate of drug-likeness (QED) is 0.680. The summed E-state index contributed by atoms with van der Waals surface area (Å²) in [6, 6.07) is 13.3. The zero-order valence-corrected chi connectivity index (χ0v) is 17.1. The molecule has 0 saturated carbocycles. The van der Waals surface area contributed by atoms with E-state index < -0.39 is 0 Å². The highest BCUT2D eigenvalue weighted by Crippen LogP contribution is 2.26. The van der Waals surface area contributed by atoms with Crippen molar-refractivity contribution < 1.29 is 4.74 Å². The number of likely N-dealkylation sites (tertiary alicyclic amines) is 1. The molecule has 0 aliphatic carbocycles. The molecule has 1 aliphatic rings. The Morgan fingerprint density at radius 1 is 1.23 bits per heavy atom. The molecule has 1 saturated heterocycles. The first kappa shape index (κ1) is 20.0. The predicted octanol–water partition coefficient (Wildman–Crippen LogP) is 3.73. The molecule has 4 rings (SSSR count). The lowest BCUT2D eigenvalue weighted by Gasteiger charge is -2.31. The Hall–Kier alpha value is -3.25. The van der Waals surface area contributed by atoms with Gasteiger partial charge in [0.2, 0.25) is 0 Å². The maximum Gasteiger partial charge on any atom is 0.251 e. The number of rotatable bonds is 6. The highest BCUT2D eigenvalue weighted by molar-refractivity contribution is 5.58. The van der Waals surface area contributed by atoms with E-state index in [2.05, 4.69) is 27.0 Å². The van der Waals surface area contributed by atoms with E-state index in [1.54, 1.807) is 25.6 Å². The largest absolute Gasteiger partial charge is 0.496 e. The number of aromatic nitrogens is 3. The van der Waals surface area contributed by atoms with Crippen molar-refractivity contribution in [3.05, 3.63) is 82.7 Å². The van der Waals surface area contributed by atoms with Crippen molar-refractivity contribution in [3.8, 4) is 17.0 Å². The predicted molar refractivity (Wildman–Crippen MR) is 119 cm³/mol. The van der Waals surface area contributed by atoms with Gasteiger partial charge in [-0.05, 0) is 37.6 Å². The molecule has 1 atom stereocenters. The third kappa shape index (κ3) is 4.83. The standard InChI is InChI=1S/C24H26N4O2/c1-30-22-9-3-2-6-19(22)7-4-14-28-15-5-8-20(17-28)24-26-21(16-23(29)27-24)18-10-12-25-13-11-18/h2-4,6-7,9-13,16,20H,5,8,14-15,17H2,1H3,(H,26,27,29)/b7-4+/t20-/m1/s1. The number of nitrogens with zero attached hydrogens (tertiary/aromatic N) is 3. The first-order valence-corrected chi connectivity index (χ1v) is 10.3. The Morgan fingerprint density at radius 2 is 2.07 bits per heavy atom. The van der Waals surface area contributed by atoms with Crippen LogP contribution >= 0.6 is 0 Å². The number of pyridine rings is 1. The Kier molecular flexibility index (Phi) is 6.35. The molecule has 0 amide bonds. The summed E-state index contributed by atoms with van der Waals surface area (Å²) in [6.45, 7) is 2.77. The van der Waals surface area contributed by atoms with Crippen LogP contribution in [0.3, 0.4) is 0 Å².